The third-order valence-corrected chi connectivity index (χ3v) is 2.97. The van der Waals surface area contributed by atoms with Gasteiger partial charge in [-0.1, -0.05) is 15.9 Å². The van der Waals surface area contributed by atoms with Crippen LogP contribution in [0.25, 0.3) is 6.08 Å². The van der Waals surface area contributed by atoms with Crippen molar-refractivity contribution in [1.82, 2.24) is 10.6 Å². The van der Waals surface area contributed by atoms with Gasteiger partial charge in [-0.2, -0.15) is 0 Å². The Hall–Kier alpha value is -1.69. The molecule has 108 valence electrons. The van der Waals surface area contributed by atoms with Gasteiger partial charge in [-0.3, -0.25) is 9.59 Å². The zero-order valence-corrected chi connectivity index (χ0v) is 12.8. The van der Waals surface area contributed by atoms with E-state index >= 15 is 0 Å². The van der Waals surface area contributed by atoms with Gasteiger partial charge in [-0.15, -0.1) is 0 Å². The third kappa shape index (κ3) is 5.13. The van der Waals surface area contributed by atoms with Gasteiger partial charge in [0.15, 0.2) is 0 Å². The Labute approximate surface area is 125 Å². The van der Waals surface area contributed by atoms with Crippen molar-refractivity contribution in [1.29, 1.82) is 0 Å². The van der Waals surface area contributed by atoms with Gasteiger partial charge in [0.05, 0.1) is 0 Å². The van der Waals surface area contributed by atoms with E-state index in [9.17, 15) is 14.0 Å². The van der Waals surface area contributed by atoms with Crippen LogP contribution in [0.1, 0.15) is 19.4 Å². The van der Waals surface area contributed by atoms with Gasteiger partial charge in [-0.25, -0.2) is 4.39 Å². The monoisotopic (exact) mass is 342 g/mol. The third-order valence-electron chi connectivity index (χ3n) is 2.48. The van der Waals surface area contributed by atoms with E-state index in [2.05, 4.69) is 26.6 Å². The maximum absolute atomic E-state index is 13.4. The summed E-state index contributed by atoms with van der Waals surface area (Å²) in [5.74, 6) is -1.14. The minimum atomic E-state index is -0.639. The maximum atomic E-state index is 13.4. The second-order valence-corrected chi connectivity index (χ2v) is 5.04. The first-order chi connectivity index (χ1) is 9.43. The molecule has 1 atom stereocenters. The zero-order valence-electron chi connectivity index (χ0n) is 11.2. The summed E-state index contributed by atoms with van der Waals surface area (Å²) in [5.41, 5.74) is 0.292. The Morgan fingerprint density at radius 3 is 2.80 bits per heavy atom. The molecule has 0 spiro atoms. The first-order valence-corrected chi connectivity index (χ1v) is 6.94. The topological polar surface area (TPSA) is 58.2 Å². The molecule has 1 rings (SSSR count). The van der Waals surface area contributed by atoms with Crippen molar-refractivity contribution in [3.63, 3.8) is 0 Å². The van der Waals surface area contributed by atoms with Gasteiger partial charge < -0.3 is 10.6 Å². The number of rotatable bonds is 5. The van der Waals surface area contributed by atoms with Crippen LogP contribution in [0.3, 0.4) is 0 Å². The van der Waals surface area contributed by atoms with Crippen LogP contribution in [-0.4, -0.2) is 24.4 Å². The molecule has 0 saturated heterocycles. The van der Waals surface area contributed by atoms with E-state index in [1.165, 1.54) is 18.2 Å². The van der Waals surface area contributed by atoms with Crippen LogP contribution in [0.15, 0.2) is 28.7 Å². The van der Waals surface area contributed by atoms with Crippen molar-refractivity contribution in [3.05, 3.63) is 40.1 Å². The van der Waals surface area contributed by atoms with Crippen molar-refractivity contribution in [2.75, 3.05) is 6.54 Å². The number of likely N-dealkylation sites (N-methyl/N-ethyl adjacent to an activating group) is 1. The first kappa shape index (κ1) is 16.4. The fraction of sp³-hybridized carbons (Fsp3) is 0.286. The molecular weight excluding hydrogens is 327 g/mol. The van der Waals surface area contributed by atoms with Crippen molar-refractivity contribution >= 4 is 33.8 Å². The molecule has 1 unspecified atom stereocenters. The standard InChI is InChI=1S/C14H16BrFN2O2/c1-3-17-14(20)9(2)18-13(19)7-4-10-8-11(15)5-6-12(10)16/h4-9H,3H2,1-2H3,(H,17,20)(H,18,19)/b7-4+. The van der Waals surface area contributed by atoms with E-state index in [4.69, 9.17) is 0 Å². The normalized spacial score (nSPS) is 12.2. The van der Waals surface area contributed by atoms with Crippen molar-refractivity contribution in [3.8, 4) is 0 Å². The number of benzene rings is 1. The van der Waals surface area contributed by atoms with Crippen LogP contribution in [-0.2, 0) is 9.59 Å². The Morgan fingerprint density at radius 1 is 1.45 bits per heavy atom. The van der Waals surface area contributed by atoms with E-state index in [0.717, 1.165) is 4.47 Å². The van der Waals surface area contributed by atoms with E-state index in [0.29, 0.717) is 12.1 Å². The highest BCUT2D eigenvalue weighted by molar-refractivity contribution is 9.10. The van der Waals surface area contributed by atoms with Crippen molar-refractivity contribution < 1.29 is 14.0 Å². The molecule has 2 N–H and O–H groups in total. The van der Waals surface area contributed by atoms with Crippen LogP contribution in [0.2, 0.25) is 0 Å². The maximum Gasteiger partial charge on any atom is 0.244 e. The molecule has 0 saturated carbocycles. The van der Waals surface area contributed by atoms with E-state index in [-0.39, 0.29) is 5.91 Å². The molecule has 0 aromatic heterocycles. The quantitative estimate of drug-likeness (QED) is 0.806. The van der Waals surface area contributed by atoms with Gasteiger partial charge in [0.2, 0.25) is 11.8 Å². The fourth-order valence-electron chi connectivity index (χ4n) is 1.46. The molecule has 0 fully saturated rings. The Morgan fingerprint density at radius 2 is 2.15 bits per heavy atom. The molecule has 0 bridgehead atoms. The second kappa shape index (κ2) is 7.79. The highest BCUT2D eigenvalue weighted by atomic mass is 79.9. The lowest BCUT2D eigenvalue weighted by atomic mass is 10.2. The number of amides is 2. The number of carbonyl (C=O) groups is 2. The summed E-state index contributed by atoms with van der Waals surface area (Å²) < 4.78 is 14.2. The first-order valence-electron chi connectivity index (χ1n) is 6.15. The lowest BCUT2D eigenvalue weighted by molar-refractivity contribution is -0.126. The van der Waals surface area contributed by atoms with E-state index in [1.807, 2.05) is 0 Å². The predicted octanol–water partition coefficient (Wildman–Crippen LogP) is 2.24. The highest BCUT2D eigenvalue weighted by Crippen LogP contribution is 2.16. The van der Waals surface area contributed by atoms with Gasteiger partial charge in [0, 0.05) is 22.7 Å². The van der Waals surface area contributed by atoms with Gasteiger partial charge in [-0.05, 0) is 38.1 Å². The second-order valence-electron chi connectivity index (χ2n) is 4.12. The average molecular weight is 343 g/mol. The van der Waals surface area contributed by atoms with Crippen LogP contribution in [0.5, 0.6) is 0 Å². The Bertz CT molecular complexity index is 532. The summed E-state index contributed by atoms with van der Waals surface area (Å²) in [7, 11) is 0. The van der Waals surface area contributed by atoms with Gasteiger partial charge in [0.25, 0.3) is 0 Å². The van der Waals surface area contributed by atoms with E-state index in [1.54, 1.807) is 26.0 Å². The number of halogens is 2. The zero-order chi connectivity index (χ0) is 15.1. The van der Waals surface area contributed by atoms with Gasteiger partial charge >= 0.3 is 0 Å². The number of hydrogen-bond donors (Lipinski definition) is 2. The summed E-state index contributed by atoms with van der Waals surface area (Å²) in [4.78, 5) is 23.1. The van der Waals surface area contributed by atoms with Crippen LogP contribution < -0.4 is 10.6 Å². The van der Waals surface area contributed by atoms with Crippen molar-refractivity contribution in [2.24, 2.45) is 0 Å². The average Bonchev–Trinajstić information content (AvgIpc) is 2.40. The fourth-order valence-corrected chi connectivity index (χ4v) is 1.84. The summed E-state index contributed by atoms with van der Waals surface area (Å²) in [6, 6.07) is 3.80. The molecule has 0 heterocycles. The number of nitrogens with one attached hydrogen (secondary N) is 2. The SMILES string of the molecule is CCNC(=O)C(C)NC(=O)/C=C/c1cc(Br)ccc1F. The summed E-state index contributed by atoms with van der Waals surface area (Å²) in [6.07, 6.45) is 2.56. The van der Waals surface area contributed by atoms with Crippen LogP contribution in [0, 0.1) is 5.82 Å². The minimum absolute atomic E-state index is 0.261. The molecule has 2 amide bonds. The van der Waals surface area contributed by atoms with Crippen LogP contribution >= 0.6 is 15.9 Å². The highest BCUT2D eigenvalue weighted by Gasteiger charge is 2.12. The largest absolute Gasteiger partial charge is 0.355 e. The molecule has 1 aromatic rings. The molecule has 6 heteroatoms. The lowest BCUT2D eigenvalue weighted by Gasteiger charge is -2.11. The van der Waals surface area contributed by atoms with Gasteiger partial charge in [0.1, 0.15) is 11.9 Å². The Kier molecular flexibility index (Phi) is 6.38. The lowest BCUT2D eigenvalue weighted by Crippen LogP contribution is -2.44. The molecule has 0 aliphatic carbocycles. The molecular formula is C14H16BrFN2O2. The molecule has 1 aromatic carbocycles. The summed E-state index contributed by atoms with van der Waals surface area (Å²) in [5, 5.41) is 5.09. The number of carbonyl (C=O) groups excluding carboxylic acids is 2. The van der Waals surface area contributed by atoms with E-state index < -0.39 is 17.8 Å². The molecule has 0 aliphatic rings. The molecule has 20 heavy (non-hydrogen) atoms. The Balaban J connectivity index is 2.64. The smallest absolute Gasteiger partial charge is 0.244 e. The predicted molar refractivity (Wildman–Crippen MR) is 79.4 cm³/mol. The molecule has 0 radical (unpaired) electrons. The summed E-state index contributed by atoms with van der Waals surface area (Å²) >= 11 is 3.23. The molecule has 0 aliphatic heterocycles. The minimum Gasteiger partial charge on any atom is -0.355 e. The van der Waals surface area contributed by atoms with Crippen molar-refractivity contribution in [2.45, 2.75) is 19.9 Å². The summed E-state index contributed by atoms with van der Waals surface area (Å²) in [6.45, 7) is 3.87. The van der Waals surface area contributed by atoms with Crippen LogP contribution in [0.4, 0.5) is 4.39 Å². The molecule has 4 nitrogen and oxygen atoms in total. The number of hydrogen-bond acceptors (Lipinski definition) is 2.